The van der Waals surface area contributed by atoms with Gasteiger partial charge in [-0.1, -0.05) is 24.3 Å². The fourth-order valence-electron chi connectivity index (χ4n) is 3.05. The molecular weight excluding hydrogens is 485 g/mol. The Kier molecular flexibility index (Phi) is 6.97. The van der Waals surface area contributed by atoms with Crippen molar-refractivity contribution in [3.63, 3.8) is 0 Å². The van der Waals surface area contributed by atoms with Crippen LogP contribution in [0.5, 0.6) is 11.6 Å². The van der Waals surface area contributed by atoms with Crippen LogP contribution in [0, 0.1) is 5.92 Å². The largest absolute Gasteiger partial charge is 0.516 e. The Hall–Kier alpha value is -3.60. The first-order valence-electron chi connectivity index (χ1n) is 10.7. The minimum absolute atomic E-state index is 0.123. The van der Waals surface area contributed by atoms with Gasteiger partial charge >= 0.3 is 15.5 Å². The number of alkyl halides is 3. The summed E-state index contributed by atoms with van der Waals surface area (Å²) in [6.07, 6.45) is 4.14. The summed E-state index contributed by atoms with van der Waals surface area (Å²) in [5.74, 6) is 0.431. The zero-order chi connectivity index (χ0) is 25.1. The highest BCUT2D eigenvalue weighted by Crippen LogP contribution is 2.30. The zero-order valence-corrected chi connectivity index (χ0v) is 19.1. The summed E-state index contributed by atoms with van der Waals surface area (Å²) in [4.78, 5) is 16.2. The summed E-state index contributed by atoms with van der Waals surface area (Å²) in [6, 6.07) is 16.4. The number of nitrogens with one attached hydrogen (secondary N) is 1. The number of nitrogens with zero attached hydrogens (tertiary/aromatic N) is 1. The smallest absolute Gasteiger partial charge is 0.489 e. The second-order valence-electron chi connectivity index (χ2n) is 8.03. The Bertz CT molecular complexity index is 1290. The van der Waals surface area contributed by atoms with E-state index >= 15 is 0 Å². The monoisotopic (exact) mass is 506 g/mol. The molecule has 11 heteroatoms. The van der Waals surface area contributed by atoms with Crippen LogP contribution in [0.2, 0.25) is 0 Å². The Balaban J connectivity index is 1.34. The first-order chi connectivity index (χ1) is 16.6. The predicted octanol–water partition coefficient (Wildman–Crippen LogP) is 4.70. The van der Waals surface area contributed by atoms with E-state index in [4.69, 9.17) is 9.47 Å². The van der Waals surface area contributed by atoms with E-state index in [1.54, 1.807) is 12.3 Å². The molecule has 1 heterocycles. The molecule has 1 N–H and O–H groups in total. The zero-order valence-electron chi connectivity index (χ0n) is 18.3. The Labute approximate surface area is 200 Å². The number of benzene rings is 2. The van der Waals surface area contributed by atoms with Crippen molar-refractivity contribution in [2.45, 2.75) is 25.0 Å². The van der Waals surface area contributed by atoms with E-state index in [2.05, 4.69) is 4.98 Å². The molecule has 2 aromatic carbocycles. The van der Waals surface area contributed by atoms with Crippen LogP contribution in [0.25, 0.3) is 11.1 Å². The Morgan fingerprint density at radius 2 is 1.74 bits per heavy atom. The average molecular weight is 507 g/mol. The van der Waals surface area contributed by atoms with E-state index in [9.17, 15) is 26.4 Å². The average Bonchev–Trinajstić information content (AvgIpc) is 3.66. The lowest BCUT2D eigenvalue weighted by Gasteiger charge is -2.11. The molecule has 1 fully saturated rings. The third-order valence-electron chi connectivity index (χ3n) is 5.22. The maximum Gasteiger partial charge on any atom is 0.516 e. The molecule has 0 atom stereocenters. The SMILES string of the molecule is O=C(NS(=O)(=O)C(F)(F)F)c1ccc(COc2cccc(-c3ccc(OCC4CC4)nc3)c2)cc1. The Morgan fingerprint density at radius 3 is 2.37 bits per heavy atom. The van der Waals surface area contributed by atoms with Gasteiger partial charge in [0.25, 0.3) is 5.91 Å². The van der Waals surface area contributed by atoms with Crippen LogP contribution < -0.4 is 14.2 Å². The third kappa shape index (κ3) is 6.50. The fraction of sp³-hybridized carbons (Fsp3) is 0.250. The second kappa shape index (κ2) is 9.95. The van der Waals surface area contributed by atoms with Crippen molar-refractivity contribution >= 4 is 15.9 Å². The molecule has 1 saturated carbocycles. The van der Waals surface area contributed by atoms with Crippen LogP contribution >= 0.6 is 0 Å². The van der Waals surface area contributed by atoms with Crippen molar-refractivity contribution in [2.75, 3.05) is 6.61 Å². The van der Waals surface area contributed by atoms with Crippen LogP contribution in [-0.4, -0.2) is 31.4 Å². The van der Waals surface area contributed by atoms with E-state index in [-0.39, 0.29) is 12.2 Å². The molecule has 0 radical (unpaired) electrons. The number of aromatic nitrogens is 1. The number of hydrogen-bond acceptors (Lipinski definition) is 6. The standard InChI is InChI=1S/C24H21F3N2O5S/c25-24(26,27)35(31,32)29-23(30)18-8-6-17(7-9-18)14-33-21-3-1-2-19(12-21)20-10-11-22(28-13-20)34-15-16-4-5-16/h1-3,6-13,16H,4-5,14-15H2,(H,29,30). The summed E-state index contributed by atoms with van der Waals surface area (Å²) in [5, 5.41) is 0. The van der Waals surface area contributed by atoms with Gasteiger partial charge in [0.2, 0.25) is 5.88 Å². The molecule has 1 aromatic heterocycles. The molecule has 184 valence electrons. The second-order valence-corrected chi connectivity index (χ2v) is 9.71. The molecule has 0 spiro atoms. The minimum Gasteiger partial charge on any atom is -0.489 e. The van der Waals surface area contributed by atoms with Crippen molar-refractivity contribution in [3.05, 3.63) is 78.0 Å². The summed E-state index contributed by atoms with van der Waals surface area (Å²) in [7, 11) is -5.77. The normalized spacial score (nSPS) is 13.8. The number of sulfonamides is 1. The van der Waals surface area contributed by atoms with Crippen molar-refractivity contribution in [2.24, 2.45) is 5.92 Å². The van der Waals surface area contributed by atoms with Crippen LogP contribution in [0.3, 0.4) is 0 Å². The molecule has 3 aromatic rings. The number of halogens is 3. The summed E-state index contributed by atoms with van der Waals surface area (Å²) < 4.78 is 71.9. The number of rotatable bonds is 9. The molecule has 0 aliphatic heterocycles. The number of ether oxygens (including phenoxy) is 2. The lowest BCUT2D eigenvalue weighted by atomic mass is 10.1. The number of hydrogen-bond donors (Lipinski definition) is 1. The number of carbonyl (C=O) groups excluding carboxylic acids is 1. The molecule has 1 aliphatic carbocycles. The summed E-state index contributed by atoms with van der Waals surface area (Å²) in [6.45, 7) is 0.812. The van der Waals surface area contributed by atoms with Crippen LogP contribution in [0.4, 0.5) is 13.2 Å². The molecular formula is C24H21F3N2O5S. The van der Waals surface area contributed by atoms with Gasteiger partial charge < -0.3 is 9.47 Å². The van der Waals surface area contributed by atoms with Gasteiger partial charge in [-0.25, -0.2) is 9.71 Å². The van der Waals surface area contributed by atoms with Crippen molar-refractivity contribution in [3.8, 4) is 22.8 Å². The lowest BCUT2D eigenvalue weighted by Crippen LogP contribution is -2.40. The first kappa shape index (κ1) is 24.5. The fourth-order valence-corrected chi connectivity index (χ4v) is 3.53. The molecule has 0 bridgehead atoms. The quantitative estimate of drug-likeness (QED) is 0.452. The van der Waals surface area contributed by atoms with E-state index in [0.29, 0.717) is 29.7 Å². The van der Waals surface area contributed by atoms with Crippen molar-refractivity contribution in [1.29, 1.82) is 0 Å². The molecule has 1 aliphatic rings. The first-order valence-corrected chi connectivity index (χ1v) is 12.1. The molecule has 0 saturated heterocycles. The van der Waals surface area contributed by atoms with Crippen LogP contribution in [0.15, 0.2) is 66.9 Å². The van der Waals surface area contributed by atoms with Gasteiger partial charge in [-0.3, -0.25) is 4.79 Å². The third-order valence-corrected chi connectivity index (χ3v) is 6.28. The van der Waals surface area contributed by atoms with Gasteiger partial charge in [0.1, 0.15) is 12.4 Å². The number of carbonyl (C=O) groups is 1. The van der Waals surface area contributed by atoms with Crippen LogP contribution in [-0.2, 0) is 16.6 Å². The molecule has 4 rings (SSSR count). The summed E-state index contributed by atoms with van der Waals surface area (Å²) >= 11 is 0. The maximum absolute atomic E-state index is 12.4. The molecule has 7 nitrogen and oxygen atoms in total. The van der Waals surface area contributed by atoms with E-state index in [1.807, 2.05) is 30.3 Å². The van der Waals surface area contributed by atoms with Gasteiger partial charge in [-0.2, -0.15) is 21.6 Å². The van der Waals surface area contributed by atoms with Gasteiger partial charge in [-0.05, 0) is 60.2 Å². The highest BCUT2D eigenvalue weighted by Gasteiger charge is 2.47. The van der Waals surface area contributed by atoms with E-state index in [0.717, 1.165) is 15.8 Å². The predicted molar refractivity (Wildman–Crippen MR) is 121 cm³/mol. The highest BCUT2D eigenvalue weighted by molar-refractivity contribution is 7.90. The molecule has 1 amide bonds. The van der Waals surface area contributed by atoms with E-state index in [1.165, 1.54) is 37.1 Å². The van der Waals surface area contributed by atoms with Crippen molar-refractivity contribution < 1.29 is 35.9 Å². The van der Waals surface area contributed by atoms with Gasteiger partial charge in [0.15, 0.2) is 0 Å². The highest BCUT2D eigenvalue weighted by atomic mass is 32.2. The topological polar surface area (TPSA) is 94.6 Å². The lowest BCUT2D eigenvalue weighted by molar-refractivity contribution is -0.0446. The van der Waals surface area contributed by atoms with Crippen LogP contribution in [0.1, 0.15) is 28.8 Å². The van der Waals surface area contributed by atoms with E-state index < -0.39 is 21.4 Å². The maximum atomic E-state index is 12.4. The number of pyridine rings is 1. The number of amides is 1. The van der Waals surface area contributed by atoms with Gasteiger partial charge in [0, 0.05) is 23.4 Å². The minimum atomic E-state index is -5.77. The Morgan fingerprint density at radius 1 is 1.00 bits per heavy atom. The molecule has 35 heavy (non-hydrogen) atoms. The van der Waals surface area contributed by atoms with Gasteiger partial charge in [0.05, 0.1) is 6.61 Å². The van der Waals surface area contributed by atoms with Gasteiger partial charge in [-0.15, -0.1) is 0 Å². The summed E-state index contributed by atoms with van der Waals surface area (Å²) in [5.41, 5.74) is -3.41. The van der Waals surface area contributed by atoms with Crippen molar-refractivity contribution in [1.82, 2.24) is 9.71 Å². The molecule has 0 unspecified atom stereocenters.